The van der Waals surface area contributed by atoms with Gasteiger partial charge in [0.05, 0.1) is 6.54 Å². The third-order valence-electron chi connectivity index (χ3n) is 5.56. The van der Waals surface area contributed by atoms with Crippen LogP contribution in [-0.4, -0.2) is 53.2 Å². The van der Waals surface area contributed by atoms with Gasteiger partial charge in [0.2, 0.25) is 0 Å². The summed E-state index contributed by atoms with van der Waals surface area (Å²) in [6, 6.07) is 5.46. The third kappa shape index (κ3) is 4.37. The van der Waals surface area contributed by atoms with Gasteiger partial charge in [-0.3, -0.25) is 9.80 Å². The summed E-state index contributed by atoms with van der Waals surface area (Å²) < 4.78 is 5.87. The minimum absolute atomic E-state index is 0.294. The van der Waals surface area contributed by atoms with Crippen molar-refractivity contribution >= 4 is 0 Å². The van der Waals surface area contributed by atoms with Gasteiger partial charge in [-0.2, -0.15) is 0 Å². The molecule has 1 saturated carbocycles. The zero-order chi connectivity index (χ0) is 16.1. The number of aliphatic hydroxyl groups excluding tert-OH is 1. The molecule has 1 N–H and O–H groups in total. The van der Waals surface area contributed by atoms with E-state index in [-0.39, 0.29) is 0 Å². The lowest BCUT2D eigenvalue weighted by atomic mass is 9.92. The highest BCUT2D eigenvalue weighted by molar-refractivity contribution is 5.07. The lowest BCUT2D eigenvalue weighted by molar-refractivity contribution is 0.0115. The predicted molar refractivity (Wildman–Crippen MR) is 92.4 cm³/mol. The van der Waals surface area contributed by atoms with Gasteiger partial charge in [0.15, 0.2) is 0 Å². The number of hydrogen-bond acceptors (Lipinski definition) is 4. The summed E-state index contributed by atoms with van der Waals surface area (Å²) in [5, 5.41) is 9.48. The minimum atomic E-state index is 0.294. The number of hydrogen-bond donors (Lipinski definition) is 1. The molecular weight excluding hydrogens is 288 g/mol. The molecule has 4 nitrogen and oxygen atoms in total. The number of aliphatic hydroxyl groups is 1. The van der Waals surface area contributed by atoms with E-state index in [0.29, 0.717) is 12.6 Å². The first-order valence-electron chi connectivity index (χ1n) is 9.46. The van der Waals surface area contributed by atoms with E-state index in [1.165, 1.54) is 32.1 Å². The average molecular weight is 320 g/mol. The molecule has 23 heavy (non-hydrogen) atoms. The fraction of sp³-hybridized carbons (Fsp3) is 0.789. The van der Waals surface area contributed by atoms with Gasteiger partial charge in [0.1, 0.15) is 11.5 Å². The molecule has 1 aliphatic carbocycles. The van der Waals surface area contributed by atoms with Crippen LogP contribution in [0.3, 0.4) is 0 Å². The van der Waals surface area contributed by atoms with Crippen molar-refractivity contribution in [3.05, 3.63) is 23.7 Å². The molecule has 4 heteroatoms. The lowest BCUT2D eigenvalue weighted by Gasteiger charge is -2.46. The van der Waals surface area contributed by atoms with Crippen molar-refractivity contribution in [3.8, 4) is 0 Å². The maximum Gasteiger partial charge on any atom is 0.118 e. The monoisotopic (exact) mass is 320 g/mol. The Balaban J connectivity index is 1.58. The van der Waals surface area contributed by atoms with Gasteiger partial charge < -0.3 is 9.52 Å². The second kappa shape index (κ2) is 8.32. The highest BCUT2D eigenvalue weighted by atomic mass is 16.3. The largest absolute Gasteiger partial charge is 0.465 e. The van der Waals surface area contributed by atoms with Crippen LogP contribution in [0.4, 0.5) is 0 Å². The van der Waals surface area contributed by atoms with Crippen LogP contribution in [0.1, 0.15) is 57.0 Å². The predicted octanol–water partition coefficient (Wildman–Crippen LogP) is 3.04. The summed E-state index contributed by atoms with van der Waals surface area (Å²) in [4.78, 5) is 5.20. The number of aryl methyl sites for hydroxylation is 1. The quantitative estimate of drug-likeness (QED) is 0.874. The van der Waals surface area contributed by atoms with Crippen LogP contribution in [-0.2, 0) is 13.0 Å². The summed E-state index contributed by atoms with van der Waals surface area (Å²) >= 11 is 0. The summed E-state index contributed by atoms with van der Waals surface area (Å²) in [7, 11) is 0. The van der Waals surface area contributed by atoms with Crippen molar-refractivity contribution in [2.24, 2.45) is 0 Å². The van der Waals surface area contributed by atoms with Crippen LogP contribution >= 0.6 is 0 Å². The highest BCUT2D eigenvalue weighted by Gasteiger charge is 2.32. The molecular formula is C19H32N2O2. The fourth-order valence-corrected chi connectivity index (χ4v) is 4.29. The molecule has 0 amide bonds. The lowest BCUT2D eigenvalue weighted by Crippen LogP contribution is -2.56. The van der Waals surface area contributed by atoms with Crippen molar-refractivity contribution in [3.63, 3.8) is 0 Å². The zero-order valence-electron chi connectivity index (χ0n) is 14.5. The van der Waals surface area contributed by atoms with E-state index >= 15 is 0 Å². The first kappa shape index (κ1) is 17.0. The van der Waals surface area contributed by atoms with E-state index in [0.717, 1.165) is 56.6 Å². The maximum atomic E-state index is 9.48. The number of piperazine rings is 1. The molecule has 0 bridgehead atoms. The number of furan rings is 1. The van der Waals surface area contributed by atoms with E-state index < -0.39 is 0 Å². The second-order valence-corrected chi connectivity index (χ2v) is 7.15. The summed E-state index contributed by atoms with van der Waals surface area (Å²) in [6.07, 6.45) is 8.71. The molecule has 130 valence electrons. The minimum Gasteiger partial charge on any atom is -0.465 e. The molecule has 1 atom stereocenters. The fourth-order valence-electron chi connectivity index (χ4n) is 4.29. The van der Waals surface area contributed by atoms with Gasteiger partial charge >= 0.3 is 0 Å². The van der Waals surface area contributed by atoms with Crippen LogP contribution in [0.2, 0.25) is 0 Å². The Kier molecular flexibility index (Phi) is 6.15. The molecule has 1 saturated heterocycles. The van der Waals surface area contributed by atoms with E-state index in [4.69, 9.17) is 4.42 Å². The summed E-state index contributed by atoms with van der Waals surface area (Å²) in [6.45, 7) is 6.63. The Labute approximate surface area is 140 Å². The van der Waals surface area contributed by atoms with Crippen LogP contribution in [0.25, 0.3) is 0 Å². The van der Waals surface area contributed by atoms with E-state index in [1.54, 1.807) is 0 Å². The molecule has 2 aliphatic rings. The smallest absolute Gasteiger partial charge is 0.118 e. The number of nitrogens with zero attached hydrogens (tertiary/aromatic N) is 2. The molecule has 3 rings (SSSR count). The molecule has 0 radical (unpaired) electrons. The van der Waals surface area contributed by atoms with Crippen LogP contribution in [0, 0.1) is 0 Å². The summed E-state index contributed by atoms with van der Waals surface area (Å²) in [5.74, 6) is 2.16. The second-order valence-electron chi connectivity index (χ2n) is 7.15. The zero-order valence-corrected chi connectivity index (χ0v) is 14.5. The van der Waals surface area contributed by atoms with Gasteiger partial charge in [-0.15, -0.1) is 0 Å². The third-order valence-corrected chi connectivity index (χ3v) is 5.56. The van der Waals surface area contributed by atoms with Gasteiger partial charge in [-0.1, -0.05) is 26.2 Å². The normalized spacial score (nSPS) is 25.0. The highest BCUT2D eigenvalue weighted by Crippen LogP contribution is 2.27. The Hall–Kier alpha value is -0.840. The van der Waals surface area contributed by atoms with E-state index in [2.05, 4.69) is 28.9 Å². The first-order valence-corrected chi connectivity index (χ1v) is 9.46. The molecule has 2 fully saturated rings. The van der Waals surface area contributed by atoms with Crippen molar-refractivity contribution in [1.29, 1.82) is 0 Å². The Morgan fingerprint density at radius 3 is 2.61 bits per heavy atom. The Morgan fingerprint density at radius 2 is 1.91 bits per heavy atom. The average Bonchev–Trinajstić information content (AvgIpc) is 3.04. The van der Waals surface area contributed by atoms with Crippen molar-refractivity contribution < 1.29 is 9.52 Å². The van der Waals surface area contributed by atoms with Crippen molar-refractivity contribution in [2.45, 2.75) is 70.5 Å². The Morgan fingerprint density at radius 1 is 1.13 bits per heavy atom. The van der Waals surface area contributed by atoms with Gasteiger partial charge in [-0.25, -0.2) is 0 Å². The molecule has 1 aromatic heterocycles. The maximum absolute atomic E-state index is 9.48. The van der Waals surface area contributed by atoms with Gasteiger partial charge in [0, 0.05) is 44.7 Å². The Bertz CT molecular complexity index is 468. The van der Waals surface area contributed by atoms with Gasteiger partial charge in [0.25, 0.3) is 0 Å². The first-order chi connectivity index (χ1) is 11.3. The van der Waals surface area contributed by atoms with Crippen molar-refractivity contribution in [2.75, 3.05) is 26.2 Å². The van der Waals surface area contributed by atoms with E-state index in [1.807, 2.05) is 0 Å². The summed E-state index contributed by atoms with van der Waals surface area (Å²) in [5.41, 5.74) is 0. The standard InChI is InChI=1S/C19H32N2O2/c1-2-18-8-9-19(23-18)15-20-11-12-21(17(14-20)10-13-22)16-6-4-3-5-7-16/h8-9,16-17,22H,2-7,10-15H2,1H3/t17-/m0/s1. The van der Waals surface area contributed by atoms with Gasteiger partial charge in [-0.05, 0) is 31.4 Å². The molecule has 0 aromatic carbocycles. The SMILES string of the molecule is CCc1ccc(CN2CCN(C3CCCCC3)[C@@H](CCO)C2)o1. The topological polar surface area (TPSA) is 39.9 Å². The molecule has 0 unspecified atom stereocenters. The van der Waals surface area contributed by atoms with Crippen LogP contribution in [0.5, 0.6) is 0 Å². The van der Waals surface area contributed by atoms with E-state index in [9.17, 15) is 5.11 Å². The molecule has 1 aliphatic heterocycles. The molecule has 0 spiro atoms. The number of rotatable bonds is 6. The van der Waals surface area contributed by atoms with Crippen LogP contribution in [0.15, 0.2) is 16.5 Å². The molecule has 1 aromatic rings. The molecule has 2 heterocycles. The van der Waals surface area contributed by atoms with Crippen LogP contribution < -0.4 is 0 Å². The van der Waals surface area contributed by atoms with Crippen molar-refractivity contribution in [1.82, 2.24) is 9.80 Å².